The Labute approximate surface area is 168 Å². The van der Waals surface area contributed by atoms with Crippen LogP contribution in [0.1, 0.15) is 25.5 Å². The first-order chi connectivity index (χ1) is 13.5. The van der Waals surface area contributed by atoms with E-state index < -0.39 is 0 Å². The summed E-state index contributed by atoms with van der Waals surface area (Å²) in [6.07, 6.45) is 1.39. The van der Waals surface area contributed by atoms with E-state index in [1.165, 1.54) is 6.33 Å². The lowest BCUT2D eigenvalue weighted by Crippen LogP contribution is -2.44. The standard InChI is InChI=1S/C19H22ClN7O/c1-11-9-28-7-6-27(11)17-14(8-13-4-3-5-15(20)16(13)25-17)12(2)24-19-23-10-22-18(21)26-19/h3-5,8,10-12H,6-7,9H2,1-2H3,(H3,21,22,23,24,26)/t11-,12-/m0/s1. The molecule has 1 fully saturated rings. The number of aromatic nitrogens is 4. The third-order valence-corrected chi connectivity index (χ3v) is 5.15. The minimum atomic E-state index is -0.109. The maximum Gasteiger partial charge on any atom is 0.227 e. The Morgan fingerprint density at radius 1 is 1.32 bits per heavy atom. The number of benzene rings is 1. The molecule has 0 spiro atoms. The van der Waals surface area contributed by atoms with Gasteiger partial charge in [0.05, 0.1) is 35.8 Å². The molecule has 0 radical (unpaired) electrons. The molecule has 0 unspecified atom stereocenters. The third kappa shape index (κ3) is 3.65. The molecule has 1 aliphatic rings. The molecule has 0 aliphatic carbocycles. The van der Waals surface area contributed by atoms with Gasteiger partial charge in [0.1, 0.15) is 12.1 Å². The number of halogens is 1. The third-order valence-electron chi connectivity index (χ3n) is 4.85. The van der Waals surface area contributed by atoms with E-state index in [1.54, 1.807) is 0 Å². The van der Waals surface area contributed by atoms with Crippen molar-refractivity contribution in [2.24, 2.45) is 0 Å². The monoisotopic (exact) mass is 399 g/mol. The normalized spacial score (nSPS) is 18.2. The van der Waals surface area contributed by atoms with Crippen LogP contribution in [-0.2, 0) is 4.74 Å². The number of nitrogen functional groups attached to an aromatic ring is 1. The van der Waals surface area contributed by atoms with Crippen LogP contribution in [0.2, 0.25) is 5.02 Å². The van der Waals surface area contributed by atoms with Crippen molar-refractivity contribution in [3.63, 3.8) is 0 Å². The number of nitrogens with zero attached hydrogens (tertiary/aromatic N) is 5. The summed E-state index contributed by atoms with van der Waals surface area (Å²) in [4.78, 5) is 19.3. The molecular weight excluding hydrogens is 378 g/mol. The van der Waals surface area contributed by atoms with Crippen LogP contribution >= 0.6 is 11.6 Å². The number of fused-ring (bicyclic) bond motifs is 1. The fraction of sp³-hybridized carbons (Fsp3) is 0.368. The van der Waals surface area contributed by atoms with Gasteiger partial charge in [0.15, 0.2) is 0 Å². The van der Waals surface area contributed by atoms with E-state index in [-0.39, 0.29) is 18.0 Å². The first-order valence-electron chi connectivity index (χ1n) is 9.17. The van der Waals surface area contributed by atoms with Crippen LogP contribution in [0.15, 0.2) is 30.6 Å². The second-order valence-corrected chi connectivity index (χ2v) is 7.27. The maximum atomic E-state index is 6.42. The van der Waals surface area contributed by atoms with Gasteiger partial charge < -0.3 is 20.7 Å². The van der Waals surface area contributed by atoms with Crippen LogP contribution in [0.25, 0.3) is 10.9 Å². The first kappa shape index (κ1) is 18.6. The smallest absolute Gasteiger partial charge is 0.227 e. The van der Waals surface area contributed by atoms with Crippen molar-refractivity contribution in [2.45, 2.75) is 25.9 Å². The lowest BCUT2D eigenvalue weighted by Gasteiger charge is -2.36. The summed E-state index contributed by atoms with van der Waals surface area (Å²) in [6, 6.07) is 8.02. The van der Waals surface area contributed by atoms with Crippen LogP contribution in [0, 0.1) is 0 Å². The van der Waals surface area contributed by atoms with Gasteiger partial charge in [-0.05, 0) is 26.0 Å². The van der Waals surface area contributed by atoms with Crippen molar-refractivity contribution in [3.8, 4) is 0 Å². The molecule has 146 valence electrons. The molecule has 1 aromatic carbocycles. The van der Waals surface area contributed by atoms with Gasteiger partial charge in [-0.15, -0.1) is 0 Å². The van der Waals surface area contributed by atoms with E-state index in [2.05, 4.69) is 38.2 Å². The molecule has 1 saturated heterocycles. The van der Waals surface area contributed by atoms with Crippen LogP contribution < -0.4 is 16.0 Å². The topological polar surface area (TPSA) is 102 Å². The van der Waals surface area contributed by atoms with Crippen molar-refractivity contribution in [3.05, 3.63) is 41.2 Å². The minimum Gasteiger partial charge on any atom is -0.377 e. The van der Waals surface area contributed by atoms with Crippen LogP contribution in [-0.4, -0.2) is 45.7 Å². The van der Waals surface area contributed by atoms with Gasteiger partial charge in [-0.25, -0.2) is 15.0 Å². The number of anilines is 3. The highest BCUT2D eigenvalue weighted by atomic mass is 35.5. The van der Waals surface area contributed by atoms with E-state index in [4.69, 9.17) is 27.1 Å². The number of hydrogen-bond acceptors (Lipinski definition) is 8. The van der Waals surface area contributed by atoms with Crippen LogP contribution in [0.3, 0.4) is 0 Å². The summed E-state index contributed by atoms with van der Waals surface area (Å²) in [5, 5.41) is 4.92. The fourth-order valence-corrected chi connectivity index (χ4v) is 3.63. The predicted octanol–water partition coefficient (Wildman–Crippen LogP) is 3.05. The van der Waals surface area contributed by atoms with Crippen molar-refractivity contribution in [1.82, 2.24) is 19.9 Å². The van der Waals surface area contributed by atoms with Crippen molar-refractivity contribution in [1.29, 1.82) is 0 Å². The second-order valence-electron chi connectivity index (χ2n) is 6.86. The van der Waals surface area contributed by atoms with E-state index in [9.17, 15) is 0 Å². The molecule has 4 rings (SSSR count). The van der Waals surface area contributed by atoms with E-state index in [0.717, 1.165) is 28.8 Å². The first-order valence-corrected chi connectivity index (χ1v) is 9.55. The molecule has 1 aliphatic heterocycles. The number of ether oxygens (including phenoxy) is 1. The fourth-order valence-electron chi connectivity index (χ4n) is 3.41. The number of rotatable bonds is 4. The summed E-state index contributed by atoms with van der Waals surface area (Å²) in [5.74, 6) is 1.49. The zero-order chi connectivity index (χ0) is 19.7. The molecule has 3 aromatic rings. The molecule has 0 saturated carbocycles. The van der Waals surface area contributed by atoms with E-state index in [0.29, 0.717) is 24.2 Å². The lowest BCUT2D eigenvalue weighted by atomic mass is 10.0. The largest absolute Gasteiger partial charge is 0.377 e. The molecule has 9 heteroatoms. The highest BCUT2D eigenvalue weighted by molar-refractivity contribution is 6.35. The summed E-state index contributed by atoms with van der Waals surface area (Å²) in [7, 11) is 0. The summed E-state index contributed by atoms with van der Waals surface area (Å²) >= 11 is 6.42. The van der Waals surface area contributed by atoms with Gasteiger partial charge in [0, 0.05) is 17.5 Å². The Kier molecular flexibility index (Phi) is 5.15. The highest BCUT2D eigenvalue weighted by Gasteiger charge is 2.26. The summed E-state index contributed by atoms with van der Waals surface area (Å²) in [6.45, 7) is 6.27. The molecular formula is C19H22ClN7O. The Morgan fingerprint density at radius 3 is 2.96 bits per heavy atom. The molecule has 0 bridgehead atoms. The predicted molar refractivity (Wildman–Crippen MR) is 111 cm³/mol. The van der Waals surface area contributed by atoms with Gasteiger partial charge in [-0.2, -0.15) is 4.98 Å². The van der Waals surface area contributed by atoms with Crippen molar-refractivity contribution >= 4 is 40.2 Å². The molecule has 3 N–H and O–H groups in total. The SMILES string of the molecule is C[C@H](Nc1ncnc(N)n1)c1cc2cccc(Cl)c2nc1N1CCOC[C@@H]1C. The second kappa shape index (κ2) is 7.73. The Hall–Kier alpha value is -2.71. The van der Waals surface area contributed by atoms with Gasteiger partial charge in [0.25, 0.3) is 0 Å². The van der Waals surface area contributed by atoms with Gasteiger partial charge in [-0.1, -0.05) is 23.7 Å². The molecule has 0 amide bonds. The number of para-hydroxylation sites is 1. The molecule has 2 aromatic heterocycles. The summed E-state index contributed by atoms with van der Waals surface area (Å²) < 4.78 is 5.60. The average Bonchev–Trinajstić information content (AvgIpc) is 2.68. The van der Waals surface area contributed by atoms with Crippen LogP contribution in [0.5, 0.6) is 0 Å². The molecule has 8 nitrogen and oxygen atoms in total. The minimum absolute atomic E-state index is 0.109. The van der Waals surface area contributed by atoms with Crippen molar-refractivity contribution < 1.29 is 4.74 Å². The van der Waals surface area contributed by atoms with Gasteiger partial charge in [-0.3, -0.25) is 0 Å². The Bertz CT molecular complexity index is 999. The zero-order valence-corrected chi connectivity index (χ0v) is 16.5. The number of pyridine rings is 1. The Morgan fingerprint density at radius 2 is 2.18 bits per heavy atom. The van der Waals surface area contributed by atoms with E-state index >= 15 is 0 Å². The number of nitrogens with one attached hydrogen (secondary N) is 1. The number of hydrogen-bond donors (Lipinski definition) is 2. The molecule has 2 atom stereocenters. The average molecular weight is 400 g/mol. The van der Waals surface area contributed by atoms with Crippen molar-refractivity contribution in [2.75, 3.05) is 35.7 Å². The highest BCUT2D eigenvalue weighted by Crippen LogP contribution is 2.34. The maximum absolute atomic E-state index is 6.42. The molecule has 3 heterocycles. The quantitative estimate of drug-likeness (QED) is 0.690. The van der Waals surface area contributed by atoms with Gasteiger partial charge in [0.2, 0.25) is 11.9 Å². The number of morpholine rings is 1. The summed E-state index contributed by atoms with van der Waals surface area (Å²) in [5.41, 5.74) is 7.50. The zero-order valence-electron chi connectivity index (χ0n) is 15.8. The lowest BCUT2D eigenvalue weighted by molar-refractivity contribution is 0.0984. The Balaban J connectivity index is 1.79. The van der Waals surface area contributed by atoms with Crippen LogP contribution in [0.4, 0.5) is 17.7 Å². The molecule has 28 heavy (non-hydrogen) atoms. The van der Waals surface area contributed by atoms with Gasteiger partial charge >= 0.3 is 0 Å². The number of nitrogens with two attached hydrogens (primary N) is 1. The van der Waals surface area contributed by atoms with E-state index in [1.807, 2.05) is 25.1 Å².